The Hall–Kier alpha value is -2.96. The van der Waals surface area contributed by atoms with Crippen LogP contribution in [0.5, 0.6) is 5.75 Å². The zero-order chi connectivity index (χ0) is 21.0. The van der Waals surface area contributed by atoms with Crippen molar-refractivity contribution in [3.05, 3.63) is 54.1 Å². The number of rotatable bonds is 4. The largest absolute Gasteiger partial charge is 0.481 e. The highest BCUT2D eigenvalue weighted by Crippen LogP contribution is 2.26. The van der Waals surface area contributed by atoms with Crippen LogP contribution >= 0.6 is 0 Å². The van der Waals surface area contributed by atoms with Gasteiger partial charge in [0.25, 0.3) is 11.8 Å². The predicted molar refractivity (Wildman–Crippen MR) is 110 cm³/mol. The van der Waals surface area contributed by atoms with Gasteiger partial charge in [0.05, 0.1) is 6.20 Å². The molecule has 1 unspecified atom stereocenters. The summed E-state index contributed by atoms with van der Waals surface area (Å²) in [6.07, 6.45) is 3.90. The summed E-state index contributed by atoms with van der Waals surface area (Å²) < 4.78 is 5.92. The first-order valence-corrected chi connectivity index (χ1v) is 9.87. The second-order valence-electron chi connectivity index (χ2n) is 8.25. The molecule has 1 aliphatic rings. The SMILES string of the molecule is CC(Oc1cccc(C(C)(C)C)c1)C(=O)N1CCN(C(=O)c2cnccn2)CC1. The summed E-state index contributed by atoms with van der Waals surface area (Å²) in [5.41, 5.74) is 1.49. The minimum absolute atomic E-state index is 0.0125. The van der Waals surface area contributed by atoms with Crippen LogP contribution in [0.2, 0.25) is 0 Å². The molecule has 7 heteroatoms. The Morgan fingerprint density at radius 2 is 1.76 bits per heavy atom. The molecule has 2 amide bonds. The lowest BCUT2D eigenvalue weighted by Gasteiger charge is -2.35. The minimum atomic E-state index is -0.590. The molecule has 7 nitrogen and oxygen atoms in total. The first kappa shape index (κ1) is 20.8. The van der Waals surface area contributed by atoms with Crippen molar-refractivity contribution in [1.29, 1.82) is 0 Å². The van der Waals surface area contributed by atoms with E-state index in [2.05, 4.69) is 36.8 Å². The fourth-order valence-corrected chi connectivity index (χ4v) is 3.25. The third-order valence-electron chi connectivity index (χ3n) is 5.02. The molecule has 2 heterocycles. The molecule has 29 heavy (non-hydrogen) atoms. The summed E-state index contributed by atoms with van der Waals surface area (Å²) >= 11 is 0. The van der Waals surface area contributed by atoms with Crippen LogP contribution in [0, 0.1) is 0 Å². The number of ether oxygens (including phenoxy) is 1. The van der Waals surface area contributed by atoms with Crippen LogP contribution in [-0.4, -0.2) is 63.9 Å². The molecule has 1 aliphatic heterocycles. The molecule has 0 radical (unpaired) electrons. The molecular weight excluding hydrogens is 368 g/mol. The Morgan fingerprint density at radius 1 is 1.07 bits per heavy atom. The van der Waals surface area contributed by atoms with Gasteiger partial charge in [0.2, 0.25) is 0 Å². The summed E-state index contributed by atoms with van der Waals surface area (Å²) in [5.74, 6) is 0.459. The molecule has 0 N–H and O–H groups in total. The molecule has 2 aromatic rings. The quantitative estimate of drug-likeness (QED) is 0.794. The van der Waals surface area contributed by atoms with Gasteiger partial charge in [-0.25, -0.2) is 4.98 Å². The van der Waals surface area contributed by atoms with E-state index in [0.717, 1.165) is 5.56 Å². The van der Waals surface area contributed by atoms with E-state index in [1.807, 2.05) is 18.2 Å². The van der Waals surface area contributed by atoms with Crippen molar-refractivity contribution in [3.63, 3.8) is 0 Å². The number of amides is 2. The normalized spacial score (nSPS) is 15.7. The minimum Gasteiger partial charge on any atom is -0.481 e. The maximum Gasteiger partial charge on any atom is 0.274 e. The van der Waals surface area contributed by atoms with Gasteiger partial charge in [-0.1, -0.05) is 32.9 Å². The lowest BCUT2D eigenvalue weighted by molar-refractivity contribution is -0.139. The van der Waals surface area contributed by atoms with E-state index in [-0.39, 0.29) is 17.2 Å². The number of carbonyl (C=O) groups excluding carboxylic acids is 2. The number of piperazine rings is 1. The van der Waals surface area contributed by atoms with Gasteiger partial charge in [0.1, 0.15) is 11.4 Å². The molecule has 1 atom stereocenters. The average Bonchev–Trinajstić information content (AvgIpc) is 2.73. The summed E-state index contributed by atoms with van der Waals surface area (Å²) in [4.78, 5) is 36.7. The Morgan fingerprint density at radius 3 is 2.38 bits per heavy atom. The van der Waals surface area contributed by atoms with Crippen molar-refractivity contribution < 1.29 is 14.3 Å². The van der Waals surface area contributed by atoms with Gasteiger partial charge in [-0.2, -0.15) is 0 Å². The smallest absolute Gasteiger partial charge is 0.274 e. The Bertz CT molecular complexity index is 856. The van der Waals surface area contributed by atoms with Gasteiger partial charge < -0.3 is 14.5 Å². The first-order valence-electron chi connectivity index (χ1n) is 9.87. The van der Waals surface area contributed by atoms with Crippen LogP contribution in [-0.2, 0) is 10.2 Å². The van der Waals surface area contributed by atoms with E-state index >= 15 is 0 Å². The fourth-order valence-electron chi connectivity index (χ4n) is 3.25. The second-order valence-corrected chi connectivity index (χ2v) is 8.25. The van der Waals surface area contributed by atoms with Crippen molar-refractivity contribution in [2.24, 2.45) is 0 Å². The highest BCUT2D eigenvalue weighted by Gasteiger charge is 2.29. The number of hydrogen-bond donors (Lipinski definition) is 0. The first-order chi connectivity index (χ1) is 13.8. The molecule has 3 rings (SSSR count). The van der Waals surface area contributed by atoms with Crippen LogP contribution in [0.4, 0.5) is 0 Å². The van der Waals surface area contributed by atoms with Crippen molar-refractivity contribution >= 4 is 11.8 Å². The summed E-state index contributed by atoms with van der Waals surface area (Å²) in [7, 11) is 0. The number of carbonyl (C=O) groups is 2. The predicted octanol–water partition coefficient (Wildman–Crippen LogP) is 2.53. The van der Waals surface area contributed by atoms with E-state index in [1.54, 1.807) is 16.7 Å². The van der Waals surface area contributed by atoms with Gasteiger partial charge in [-0.3, -0.25) is 14.6 Å². The molecule has 1 aromatic carbocycles. The van der Waals surface area contributed by atoms with Crippen LogP contribution < -0.4 is 4.74 Å². The van der Waals surface area contributed by atoms with E-state index in [1.165, 1.54) is 18.6 Å². The Kier molecular flexibility index (Phi) is 6.15. The Labute approximate surface area is 171 Å². The monoisotopic (exact) mass is 396 g/mol. The number of benzene rings is 1. The van der Waals surface area contributed by atoms with E-state index in [4.69, 9.17) is 4.74 Å². The highest BCUT2D eigenvalue weighted by atomic mass is 16.5. The molecule has 0 spiro atoms. The molecule has 1 aromatic heterocycles. The van der Waals surface area contributed by atoms with Crippen LogP contribution in [0.15, 0.2) is 42.9 Å². The van der Waals surface area contributed by atoms with Gasteiger partial charge in [-0.15, -0.1) is 0 Å². The third kappa shape index (κ3) is 5.10. The highest BCUT2D eigenvalue weighted by molar-refractivity contribution is 5.92. The van der Waals surface area contributed by atoms with Gasteiger partial charge in [0, 0.05) is 38.6 Å². The van der Waals surface area contributed by atoms with Gasteiger partial charge in [0.15, 0.2) is 6.10 Å². The molecule has 1 saturated heterocycles. The summed E-state index contributed by atoms with van der Waals surface area (Å²) in [6, 6.07) is 7.87. The van der Waals surface area contributed by atoms with Crippen molar-refractivity contribution in [3.8, 4) is 5.75 Å². The van der Waals surface area contributed by atoms with E-state index in [0.29, 0.717) is 37.6 Å². The summed E-state index contributed by atoms with van der Waals surface area (Å²) in [6.45, 7) is 10.1. The maximum atomic E-state index is 12.8. The van der Waals surface area contributed by atoms with Crippen molar-refractivity contribution in [2.45, 2.75) is 39.2 Å². The van der Waals surface area contributed by atoms with Crippen LogP contribution in [0.25, 0.3) is 0 Å². The van der Waals surface area contributed by atoms with Crippen molar-refractivity contribution in [2.75, 3.05) is 26.2 Å². The lowest BCUT2D eigenvalue weighted by atomic mass is 9.87. The molecule has 0 saturated carbocycles. The number of aromatic nitrogens is 2. The van der Waals surface area contributed by atoms with Gasteiger partial charge in [-0.05, 0) is 30.0 Å². The second kappa shape index (κ2) is 8.59. The van der Waals surface area contributed by atoms with Crippen molar-refractivity contribution in [1.82, 2.24) is 19.8 Å². The van der Waals surface area contributed by atoms with E-state index < -0.39 is 6.10 Å². The van der Waals surface area contributed by atoms with E-state index in [9.17, 15) is 9.59 Å². The zero-order valence-corrected chi connectivity index (χ0v) is 17.5. The maximum absolute atomic E-state index is 12.8. The van der Waals surface area contributed by atoms with Crippen LogP contribution in [0.3, 0.4) is 0 Å². The molecule has 0 aliphatic carbocycles. The fraction of sp³-hybridized carbons (Fsp3) is 0.455. The molecular formula is C22H28N4O3. The lowest BCUT2D eigenvalue weighted by Crippen LogP contribution is -2.53. The van der Waals surface area contributed by atoms with Gasteiger partial charge >= 0.3 is 0 Å². The number of nitrogens with zero attached hydrogens (tertiary/aromatic N) is 4. The molecule has 154 valence electrons. The molecule has 1 fully saturated rings. The Balaban J connectivity index is 1.56. The van der Waals surface area contributed by atoms with Crippen LogP contribution in [0.1, 0.15) is 43.7 Å². The standard InChI is InChI=1S/C22H28N4O3/c1-16(29-18-7-5-6-17(14-18)22(2,3)4)20(27)25-10-12-26(13-11-25)21(28)19-15-23-8-9-24-19/h5-9,14-16H,10-13H2,1-4H3. The zero-order valence-electron chi connectivity index (χ0n) is 17.5. The topological polar surface area (TPSA) is 75.6 Å². The number of hydrogen-bond acceptors (Lipinski definition) is 5. The molecule has 0 bridgehead atoms. The third-order valence-corrected chi connectivity index (χ3v) is 5.02. The average molecular weight is 396 g/mol. The summed E-state index contributed by atoms with van der Waals surface area (Å²) in [5, 5.41) is 0.